The van der Waals surface area contributed by atoms with Crippen molar-refractivity contribution in [3.8, 4) is 5.75 Å². The number of nitrogens with zero attached hydrogens (tertiary/aromatic N) is 4. The quantitative estimate of drug-likeness (QED) is 0.584. The van der Waals surface area contributed by atoms with E-state index in [1.165, 1.54) is 25.0 Å². The zero-order chi connectivity index (χ0) is 20.0. The van der Waals surface area contributed by atoms with Crippen LogP contribution in [0.5, 0.6) is 5.75 Å². The van der Waals surface area contributed by atoms with Crippen LogP contribution in [-0.2, 0) is 23.3 Å². The molecular formula is C20H23N5O4. The second-order valence-electron chi connectivity index (χ2n) is 8.30. The first-order chi connectivity index (χ1) is 14.0. The second kappa shape index (κ2) is 6.93. The van der Waals surface area contributed by atoms with E-state index in [2.05, 4.69) is 15.2 Å². The van der Waals surface area contributed by atoms with Crippen molar-refractivity contribution in [2.75, 3.05) is 25.0 Å². The highest BCUT2D eigenvalue weighted by molar-refractivity contribution is 5.47. The molecule has 1 aliphatic carbocycles. The van der Waals surface area contributed by atoms with Crippen LogP contribution in [0.3, 0.4) is 0 Å². The van der Waals surface area contributed by atoms with Gasteiger partial charge >= 0.3 is 5.69 Å². The van der Waals surface area contributed by atoms with Crippen LogP contribution in [0.1, 0.15) is 36.1 Å². The van der Waals surface area contributed by atoms with Gasteiger partial charge in [0.1, 0.15) is 0 Å². The topological polar surface area (TPSA) is 114 Å². The number of aromatic nitrogens is 2. The van der Waals surface area contributed by atoms with Crippen molar-refractivity contribution < 1.29 is 14.8 Å². The number of benzene rings is 1. The number of hydrogen-bond acceptors (Lipinski definition) is 8. The van der Waals surface area contributed by atoms with Gasteiger partial charge in [-0.3, -0.25) is 15.0 Å². The SMILES string of the molecule is O=[N+]([O-])c1ccc(CN2CCC3(COCc4cnc(NC5CC5)nc43)C2)cc1O. The molecule has 152 valence electrons. The Kier molecular flexibility index (Phi) is 4.36. The van der Waals surface area contributed by atoms with Crippen LogP contribution < -0.4 is 5.32 Å². The van der Waals surface area contributed by atoms with Crippen molar-refractivity contribution >= 4 is 11.6 Å². The van der Waals surface area contributed by atoms with Gasteiger partial charge in [0, 0.05) is 37.0 Å². The lowest BCUT2D eigenvalue weighted by Gasteiger charge is -2.34. The van der Waals surface area contributed by atoms with E-state index < -0.39 is 4.92 Å². The third-order valence-corrected chi connectivity index (χ3v) is 5.99. The number of phenolic OH excluding ortho intramolecular Hbond substituents is 1. The van der Waals surface area contributed by atoms with Gasteiger partial charge in [-0.2, -0.15) is 0 Å². The summed E-state index contributed by atoms with van der Waals surface area (Å²) in [5.41, 5.74) is 2.54. The Morgan fingerprint density at radius 3 is 3.03 bits per heavy atom. The smallest absolute Gasteiger partial charge is 0.310 e. The summed E-state index contributed by atoms with van der Waals surface area (Å²) in [6.45, 7) is 3.44. The van der Waals surface area contributed by atoms with Crippen LogP contribution in [0.25, 0.3) is 0 Å². The fraction of sp³-hybridized carbons (Fsp3) is 0.500. The largest absolute Gasteiger partial charge is 0.502 e. The van der Waals surface area contributed by atoms with E-state index in [9.17, 15) is 15.2 Å². The van der Waals surface area contributed by atoms with E-state index in [0.717, 1.165) is 36.3 Å². The van der Waals surface area contributed by atoms with Gasteiger partial charge in [0.05, 0.1) is 29.2 Å². The Balaban J connectivity index is 1.35. The van der Waals surface area contributed by atoms with Gasteiger partial charge in [0.15, 0.2) is 5.75 Å². The van der Waals surface area contributed by atoms with Crippen molar-refractivity contribution in [3.05, 3.63) is 51.3 Å². The number of likely N-dealkylation sites (tertiary alicyclic amines) is 1. The lowest BCUT2D eigenvalue weighted by Crippen LogP contribution is -2.40. The molecule has 0 radical (unpaired) electrons. The summed E-state index contributed by atoms with van der Waals surface area (Å²) in [5, 5.41) is 24.2. The molecule has 1 atom stereocenters. The minimum absolute atomic E-state index is 0.167. The molecule has 1 unspecified atom stereocenters. The number of hydrogen-bond donors (Lipinski definition) is 2. The molecule has 3 aliphatic rings. The third-order valence-electron chi connectivity index (χ3n) is 5.99. The number of nitrogens with one attached hydrogen (secondary N) is 1. The maximum Gasteiger partial charge on any atom is 0.310 e. The number of fused-ring (bicyclic) bond motifs is 2. The number of anilines is 1. The Morgan fingerprint density at radius 1 is 1.41 bits per heavy atom. The predicted octanol–water partition coefficient (Wildman–Crippen LogP) is 2.34. The summed E-state index contributed by atoms with van der Waals surface area (Å²) in [7, 11) is 0. The van der Waals surface area contributed by atoms with E-state index in [0.29, 0.717) is 31.7 Å². The first-order valence-corrected chi connectivity index (χ1v) is 9.92. The molecular weight excluding hydrogens is 374 g/mol. The minimum Gasteiger partial charge on any atom is -0.502 e. The molecule has 2 aliphatic heterocycles. The Labute approximate surface area is 167 Å². The zero-order valence-electron chi connectivity index (χ0n) is 16.0. The fourth-order valence-electron chi connectivity index (χ4n) is 4.36. The van der Waals surface area contributed by atoms with Crippen LogP contribution in [-0.4, -0.2) is 50.6 Å². The Morgan fingerprint density at radius 2 is 2.28 bits per heavy atom. The number of nitro benzene ring substituents is 1. The average Bonchev–Trinajstić information content (AvgIpc) is 3.42. The van der Waals surface area contributed by atoms with Gasteiger partial charge in [0.2, 0.25) is 5.95 Å². The highest BCUT2D eigenvalue weighted by Crippen LogP contribution is 2.40. The van der Waals surface area contributed by atoms with Gasteiger partial charge in [-0.05, 0) is 37.4 Å². The van der Waals surface area contributed by atoms with Crippen LogP contribution in [0.15, 0.2) is 24.4 Å². The molecule has 1 aromatic heterocycles. The Hall–Kier alpha value is -2.78. The molecule has 1 saturated carbocycles. The Bertz CT molecular complexity index is 964. The molecule has 9 heteroatoms. The zero-order valence-corrected chi connectivity index (χ0v) is 16.0. The first-order valence-electron chi connectivity index (χ1n) is 9.92. The molecule has 1 aromatic carbocycles. The molecule has 29 heavy (non-hydrogen) atoms. The summed E-state index contributed by atoms with van der Waals surface area (Å²) in [5.74, 6) is 0.405. The van der Waals surface area contributed by atoms with E-state index in [4.69, 9.17) is 9.72 Å². The van der Waals surface area contributed by atoms with Crippen molar-refractivity contribution in [1.82, 2.24) is 14.9 Å². The summed E-state index contributed by atoms with van der Waals surface area (Å²) in [6, 6.07) is 5.04. The number of rotatable bonds is 5. The van der Waals surface area contributed by atoms with Crippen LogP contribution in [0.2, 0.25) is 0 Å². The number of phenols is 1. The summed E-state index contributed by atoms with van der Waals surface area (Å²) < 4.78 is 5.88. The van der Waals surface area contributed by atoms with Crippen LogP contribution >= 0.6 is 0 Å². The first kappa shape index (κ1) is 18.3. The standard InChI is InChI=1S/C20H23N5O4/c26-17-7-13(1-4-16(17)25(27)28)9-24-6-5-20(11-24)12-29-10-14-8-21-19(23-18(14)20)22-15-2-3-15/h1,4,7-8,15,26H,2-3,5-6,9-12H2,(H,21,22,23). The lowest BCUT2D eigenvalue weighted by molar-refractivity contribution is -0.385. The second-order valence-corrected chi connectivity index (χ2v) is 8.30. The molecule has 0 bridgehead atoms. The molecule has 2 aromatic rings. The molecule has 2 fully saturated rings. The highest BCUT2D eigenvalue weighted by Gasteiger charge is 2.45. The highest BCUT2D eigenvalue weighted by atomic mass is 16.6. The maximum atomic E-state index is 10.9. The number of nitro groups is 1. The van der Waals surface area contributed by atoms with Crippen molar-refractivity contribution in [2.45, 2.75) is 43.9 Å². The van der Waals surface area contributed by atoms with Gasteiger partial charge < -0.3 is 15.2 Å². The summed E-state index contributed by atoms with van der Waals surface area (Å²) in [6.07, 6.45) is 5.15. The molecule has 3 heterocycles. The van der Waals surface area contributed by atoms with Crippen molar-refractivity contribution in [1.29, 1.82) is 0 Å². The minimum atomic E-state index is -0.576. The third kappa shape index (κ3) is 3.51. The van der Waals surface area contributed by atoms with Gasteiger partial charge in [-0.25, -0.2) is 9.97 Å². The molecule has 5 rings (SSSR count). The maximum absolute atomic E-state index is 10.9. The molecule has 2 N–H and O–H groups in total. The summed E-state index contributed by atoms with van der Waals surface area (Å²) in [4.78, 5) is 21.9. The molecule has 9 nitrogen and oxygen atoms in total. The molecule has 1 saturated heterocycles. The number of ether oxygens (including phenoxy) is 1. The predicted molar refractivity (Wildman–Crippen MR) is 105 cm³/mol. The van der Waals surface area contributed by atoms with Crippen molar-refractivity contribution in [2.24, 2.45) is 0 Å². The van der Waals surface area contributed by atoms with Gasteiger partial charge in [-0.15, -0.1) is 0 Å². The fourth-order valence-corrected chi connectivity index (χ4v) is 4.36. The molecule has 1 spiro atoms. The van der Waals surface area contributed by atoms with Crippen LogP contribution in [0.4, 0.5) is 11.6 Å². The van der Waals surface area contributed by atoms with E-state index >= 15 is 0 Å². The van der Waals surface area contributed by atoms with Gasteiger partial charge in [0.25, 0.3) is 0 Å². The van der Waals surface area contributed by atoms with Crippen molar-refractivity contribution in [3.63, 3.8) is 0 Å². The lowest BCUT2D eigenvalue weighted by atomic mass is 9.80. The number of aromatic hydroxyl groups is 1. The van der Waals surface area contributed by atoms with Gasteiger partial charge in [-0.1, -0.05) is 6.07 Å². The molecule has 0 amide bonds. The average molecular weight is 397 g/mol. The van der Waals surface area contributed by atoms with E-state index in [1.807, 2.05) is 6.20 Å². The monoisotopic (exact) mass is 397 g/mol. The normalized spacial score (nSPS) is 23.9. The summed E-state index contributed by atoms with van der Waals surface area (Å²) >= 11 is 0. The van der Waals surface area contributed by atoms with E-state index in [1.54, 1.807) is 6.07 Å². The van der Waals surface area contributed by atoms with E-state index in [-0.39, 0.29) is 16.9 Å². The van der Waals surface area contributed by atoms with Crippen LogP contribution in [0, 0.1) is 10.1 Å².